The highest BCUT2D eigenvalue weighted by Gasteiger charge is 2.38. The summed E-state index contributed by atoms with van der Waals surface area (Å²) in [6, 6.07) is 17.7. The van der Waals surface area contributed by atoms with Crippen LogP contribution in [0.1, 0.15) is 44.0 Å². The molecule has 10 rings (SSSR count). The van der Waals surface area contributed by atoms with Gasteiger partial charge in [-0.25, -0.2) is 28.1 Å². The van der Waals surface area contributed by atoms with Crippen molar-refractivity contribution in [1.29, 1.82) is 0 Å². The maximum absolute atomic E-state index is 15.0. The van der Waals surface area contributed by atoms with E-state index < -0.39 is 58.6 Å². The number of rotatable bonds is 10. The maximum atomic E-state index is 15.0. The topological polar surface area (TPSA) is 237 Å². The van der Waals surface area contributed by atoms with Gasteiger partial charge in [-0.2, -0.15) is 36.5 Å². The van der Waals surface area contributed by atoms with Crippen molar-refractivity contribution < 1.29 is 53.8 Å². The molecule has 0 bridgehead atoms. The Morgan fingerprint density at radius 3 is 1.48 bits per heavy atom. The molecule has 19 nitrogen and oxygen atoms in total. The third-order valence-corrected chi connectivity index (χ3v) is 10.9. The lowest BCUT2D eigenvalue weighted by Gasteiger charge is -2.13. The van der Waals surface area contributed by atoms with Crippen molar-refractivity contribution in [3.05, 3.63) is 156 Å². The van der Waals surface area contributed by atoms with Crippen LogP contribution >= 0.6 is 0 Å². The van der Waals surface area contributed by atoms with Gasteiger partial charge in [0, 0.05) is 60.4 Å². The van der Waals surface area contributed by atoms with Crippen LogP contribution in [-0.2, 0) is 18.9 Å². The molecule has 0 saturated carbocycles. The standard InChI is InChI=1S/C24H20F4N8O2.C22H15F4N7O2/c1-34(2)12-21-30-7-8-35(21)13-3-5-17(16(25)10-13)31-23(37)18-11-20(24(26,27)28)32-36(18)14-4-6-19-15(9-14)22(29)33-38-19;1-11-28-6-7-32(11)12-2-4-16(15(23)9-12)29-21(34)17-10-19(22(24,25)26)30-33(17)13-3-5-18-14(8-13)20(27)31-35-18/h3-11H,12H2,1-2H3,(H2,29,33)(H,31,37);2-10H,1H3,(H2,27,31)(H,29,34). The number of nitrogens with two attached hydrogens (primary N) is 2. The van der Waals surface area contributed by atoms with Crippen molar-refractivity contribution in [1.82, 2.24) is 53.9 Å². The van der Waals surface area contributed by atoms with E-state index in [2.05, 4.69) is 41.1 Å². The molecule has 0 fully saturated rings. The van der Waals surface area contributed by atoms with Crippen molar-refractivity contribution in [2.24, 2.45) is 0 Å². The number of anilines is 4. The molecule has 374 valence electrons. The first kappa shape index (κ1) is 48.6. The minimum Gasteiger partial charge on any atom is -0.380 e. The van der Waals surface area contributed by atoms with E-state index in [1.807, 2.05) is 19.0 Å². The lowest BCUT2D eigenvalue weighted by atomic mass is 10.2. The quantitative estimate of drug-likeness (QED) is 0.0939. The SMILES string of the molecule is CN(C)Cc1nccn1-c1ccc(NC(=O)c2cc(C(F)(F)F)nn2-c2ccc3onc(N)c3c2)c(F)c1.Cc1nccn1-c1ccc(NC(=O)c2cc(C(F)(F)F)nn2-c2ccc3onc(N)c3c2)c(F)c1. The molecule has 0 aliphatic heterocycles. The smallest absolute Gasteiger partial charge is 0.380 e. The number of hydrogen-bond donors (Lipinski definition) is 4. The van der Waals surface area contributed by atoms with Gasteiger partial charge in [0.25, 0.3) is 11.8 Å². The van der Waals surface area contributed by atoms with Crippen LogP contribution in [0.3, 0.4) is 0 Å². The molecular formula is C46H35F8N15O4. The molecule has 6 heterocycles. The first-order valence-electron chi connectivity index (χ1n) is 21.2. The highest BCUT2D eigenvalue weighted by molar-refractivity contribution is 6.04. The molecule has 0 aliphatic rings. The van der Waals surface area contributed by atoms with Gasteiger partial charge in [0.2, 0.25) is 0 Å². The number of fused-ring (bicyclic) bond motifs is 2. The van der Waals surface area contributed by atoms with Crippen molar-refractivity contribution in [3.63, 3.8) is 0 Å². The summed E-state index contributed by atoms with van der Waals surface area (Å²) in [5.41, 5.74) is 9.19. The predicted octanol–water partition coefficient (Wildman–Crippen LogP) is 8.75. The predicted molar refractivity (Wildman–Crippen MR) is 246 cm³/mol. The first-order chi connectivity index (χ1) is 34.6. The van der Waals surface area contributed by atoms with Crippen molar-refractivity contribution in [2.75, 3.05) is 36.2 Å². The summed E-state index contributed by atoms with van der Waals surface area (Å²) in [7, 11) is 3.73. The number of nitrogen functional groups attached to an aromatic ring is 2. The van der Waals surface area contributed by atoms with Gasteiger partial charge in [-0.05, 0) is 81.7 Å². The number of hydrogen-bond acceptors (Lipinski definition) is 13. The third kappa shape index (κ3) is 9.87. The Morgan fingerprint density at radius 1 is 0.616 bits per heavy atom. The van der Waals surface area contributed by atoms with E-state index in [1.165, 1.54) is 66.7 Å². The number of imidazole rings is 2. The summed E-state index contributed by atoms with van der Waals surface area (Å²) in [5, 5.41) is 19.6. The number of carbonyl (C=O) groups is 2. The van der Waals surface area contributed by atoms with Crippen LogP contribution in [-0.4, -0.2) is 79.8 Å². The average Bonchev–Trinajstić information content (AvgIpc) is 4.21. The molecule has 4 aromatic carbocycles. The summed E-state index contributed by atoms with van der Waals surface area (Å²) in [4.78, 5) is 36.3. The zero-order chi connectivity index (χ0) is 52.1. The third-order valence-electron chi connectivity index (χ3n) is 10.9. The minimum absolute atomic E-state index is 0.0184. The molecular weight excluding hydrogens is 979 g/mol. The first-order valence-corrected chi connectivity index (χ1v) is 21.2. The lowest BCUT2D eigenvalue weighted by Crippen LogP contribution is -2.18. The summed E-state index contributed by atoms with van der Waals surface area (Å²) in [5.74, 6) is -2.26. The van der Waals surface area contributed by atoms with Crippen LogP contribution in [0.15, 0.2) is 119 Å². The molecule has 0 aliphatic carbocycles. The van der Waals surface area contributed by atoms with Gasteiger partial charge in [0.15, 0.2) is 34.2 Å². The van der Waals surface area contributed by atoms with Crippen LogP contribution in [0, 0.1) is 18.6 Å². The Kier molecular flexibility index (Phi) is 12.5. The van der Waals surface area contributed by atoms with Crippen LogP contribution in [0.4, 0.5) is 58.1 Å². The van der Waals surface area contributed by atoms with Gasteiger partial charge in [0.1, 0.15) is 34.7 Å². The van der Waals surface area contributed by atoms with Gasteiger partial charge in [-0.1, -0.05) is 10.3 Å². The zero-order valence-corrected chi connectivity index (χ0v) is 37.8. The van der Waals surface area contributed by atoms with Crippen molar-refractivity contribution in [3.8, 4) is 22.7 Å². The fraction of sp³-hybridized carbons (Fsp3) is 0.130. The Morgan fingerprint density at radius 2 is 1.05 bits per heavy atom. The van der Waals surface area contributed by atoms with Gasteiger partial charge in [-0.15, -0.1) is 0 Å². The van der Waals surface area contributed by atoms with E-state index in [1.54, 1.807) is 46.9 Å². The van der Waals surface area contributed by atoms with E-state index in [0.29, 0.717) is 63.6 Å². The second kappa shape index (κ2) is 18.7. The van der Waals surface area contributed by atoms with Crippen LogP contribution in [0.2, 0.25) is 0 Å². The summed E-state index contributed by atoms with van der Waals surface area (Å²) >= 11 is 0. The van der Waals surface area contributed by atoms with Crippen molar-refractivity contribution >= 4 is 56.8 Å². The number of halogens is 8. The number of aryl methyl sites for hydroxylation is 1. The van der Waals surface area contributed by atoms with Crippen LogP contribution < -0.4 is 22.1 Å². The number of nitrogens with zero attached hydrogens (tertiary/aromatic N) is 11. The minimum atomic E-state index is -4.83. The Hall–Kier alpha value is -9.40. The monoisotopic (exact) mass is 1010 g/mol. The summed E-state index contributed by atoms with van der Waals surface area (Å²) in [6.07, 6.45) is -3.22. The van der Waals surface area contributed by atoms with E-state index >= 15 is 4.39 Å². The number of nitrogens with one attached hydrogen (secondary N) is 2. The molecule has 27 heteroatoms. The van der Waals surface area contributed by atoms with Crippen LogP contribution in [0.25, 0.3) is 44.7 Å². The zero-order valence-electron chi connectivity index (χ0n) is 37.8. The number of alkyl halides is 6. The number of benzene rings is 4. The van der Waals surface area contributed by atoms with E-state index in [9.17, 15) is 40.3 Å². The normalized spacial score (nSPS) is 11.9. The lowest BCUT2D eigenvalue weighted by molar-refractivity contribution is -0.142. The fourth-order valence-electron chi connectivity index (χ4n) is 7.41. The van der Waals surface area contributed by atoms with Gasteiger partial charge in [-0.3, -0.25) is 9.59 Å². The average molecular weight is 1010 g/mol. The summed E-state index contributed by atoms with van der Waals surface area (Å²) in [6.45, 7) is 2.24. The number of aromatic nitrogens is 10. The molecule has 6 aromatic heterocycles. The molecule has 6 N–H and O–H groups in total. The molecule has 2 amide bonds. The molecule has 73 heavy (non-hydrogen) atoms. The van der Waals surface area contributed by atoms with Crippen molar-refractivity contribution in [2.45, 2.75) is 25.8 Å². The molecule has 10 aromatic rings. The Bertz CT molecular complexity index is 3710. The second-order valence-corrected chi connectivity index (χ2v) is 16.2. The number of carbonyl (C=O) groups excluding carboxylic acids is 2. The molecule has 0 spiro atoms. The number of amides is 2. The second-order valence-electron chi connectivity index (χ2n) is 16.2. The Labute approximate surface area is 404 Å². The van der Waals surface area contributed by atoms with E-state index in [4.69, 9.17) is 20.5 Å². The maximum Gasteiger partial charge on any atom is 0.435 e. The van der Waals surface area contributed by atoms with Gasteiger partial charge in [0.05, 0.1) is 40.1 Å². The van der Waals surface area contributed by atoms with Gasteiger partial charge >= 0.3 is 12.4 Å². The highest BCUT2D eigenvalue weighted by atomic mass is 19.4. The van der Waals surface area contributed by atoms with E-state index in [-0.39, 0.29) is 34.4 Å². The molecule has 0 saturated heterocycles. The van der Waals surface area contributed by atoms with Gasteiger partial charge < -0.3 is 45.2 Å². The van der Waals surface area contributed by atoms with E-state index in [0.717, 1.165) is 9.36 Å². The summed E-state index contributed by atoms with van der Waals surface area (Å²) < 4.78 is 125. The highest BCUT2D eigenvalue weighted by Crippen LogP contribution is 2.34. The van der Waals surface area contributed by atoms with Crippen LogP contribution in [0.5, 0.6) is 0 Å². The molecule has 0 atom stereocenters. The Balaban J connectivity index is 0.000000180. The largest absolute Gasteiger partial charge is 0.435 e. The molecule has 0 radical (unpaired) electrons. The molecule has 0 unspecified atom stereocenters. The fourth-order valence-corrected chi connectivity index (χ4v) is 7.41.